The first kappa shape index (κ1) is 15.1. The van der Waals surface area contributed by atoms with Gasteiger partial charge in [0.05, 0.1) is 18.4 Å². The minimum atomic E-state index is 0.391. The molecule has 0 saturated heterocycles. The summed E-state index contributed by atoms with van der Waals surface area (Å²) in [5, 5.41) is 14.3. The largest absolute Gasteiger partial charge is 0.486 e. The van der Waals surface area contributed by atoms with Gasteiger partial charge in [0.15, 0.2) is 17.3 Å². The molecule has 1 aliphatic rings. The SMILES string of the molecule is c1ccc(CNc2cnnc(Nc3ccc4c(c3)OCCO4)n2)nc1. The fraction of sp³-hybridized carbons (Fsp3) is 0.176. The van der Waals surface area contributed by atoms with Gasteiger partial charge >= 0.3 is 0 Å². The van der Waals surface area contributed by atoms with E-state index in [2.05, 4.69) is 30.8 Å². The lowest BCUT2D eigenvalue weighted by Gasteiger charge is -2.18. The van der Waals surface area contributed by atoms with Gasteiger partial charge in [0.1, 0.15) is 13.2 Å². The molecule has 8 heteroatoms. The molecule has 0 spiro atoms. The Kier molecular flexibility index (Phi) is 4.23. The standard InChI is InChI=1S/C17H16N6O2/c1-2-6-18-13(3-1)10-19-16-11-20-23-17(22-16)21-12-4-5-14-15(9-12)25-8-7-24-14/h1-6,9,11H,7-8,10H2,(H2,19,21,22,23). The molecule has 1 aromatic carbocycles. The van der Waals surface area contributed by atoms with Crippen molar-refractivity contribution in [3.05, 3.63) is 54.5 Å². The third-order valence-electron chi connectivity index (χ3n) is 3.53. The summed E-state index contributed by atoms with van der Waals surface area (Å²) in [6, 6.07) is 11.3. The molecule has 0 aliphatic carbocycles. The summed E-state index contributed by atoms with van der Waals surface area (Å²) < 4.78 is 11.1. The van der Waals surface area contributed by atoms with Crippen LogP contribution in [0.4, 0.5) is 17.5 Å². The number of benzene rings is 1. The van der Waals surface area contributed by atoms with E-state index in [1.54, 1.807) is 12.4 Å². The zero-order valence-electron chi connectivity index (χ0n) is 13.3. The van der Waals surface area contributed by atoms with E-state index in [-0.39, 0.29) is 0 Å². The number of fused-ring (bicyclic) bond motifs is 1. The van der Waals surface area contributed by atoms with Crippen LogP contribution in [0.25, 0.3) is 0 Å². The van der Waals surface area contributed by atoms with Crippen LogP contribution in [-0.4, -0.2) is 33.4 Å². The summed E-state index contributed by atoms with van der Waals surface area (Å²) in [4.78, 5) is 8.66. The van der Waals surface area contributed by atoms with Gasteiger partial charge in [-0.25, -0.2) is 0 Å². The monoisotopic (exact) mass is 336 g/mol. The van der Waals surface area contributed by atoms with Crippen LogP contribution < -0.4 is 20.1 Å². The van der Waals surface area contributed by atoms with Crippen molar-refractivity contribution in [2.24, 2.45) is 0 Å². The molecule has 0 bridgehead atoms. The number of ether oxygens (including phenoxy) is 2. The molecule has 2 aromatic heterocycles. The Hall–Kier alpha value is -3.42. The van der Waals surface area contributed by atoms with Crippen LogP contribution in [0.1, 0.15) is 5.69 Å². The summed E-state index contributed by atoms with van der Waals surface area (Å²) in [5.74, 6) is 2.44. The minimum absolute atomic E-state index is 0.391. The number of aromatic nitrogens is 4. The zero-order valence-corrected chi connectivity index (χ0v) is 13.3. The van der Waals surface area contributed by atoms with Gasteiger partial charge in [0.25, 0.3) is 0 Å². The van der Waals surface area contributed by atoms with E-state index in [0.717, 1.165) is 17.1 Å². The molecule has 2 N–H and O–H groups in total. The van der Waals surface area contributed by atoms with E-state index in [9.17, 15) is 0 Å². The molecule has 0 fully saturated rings. The second-order valence-corrected chi connectivity index (χ2v) is 5.32. The summed E-state index contributed by atoms with van der Waals surface area (Å²) in [7, 11) is 0. The van der Waals surface area contributed by atoms with Crippen LogP contribution in [0.3, 0.4) is 0 Å². The number of nitrogens with one attached hydrogen (secondary N) is 2. The van der Waals surface area contributed by atoms with Gasteiger partial charge < -0.3 is 20.1 Å². The van der Waals surface area contributed by atoms with Gasteiger partial charge in [0, 0.05) is 18.0 Å². The second-order valence-electron chi connectivity index (χ2n) is 5.32. The average Bonchev–Trinajstić information content (AvgIpc) is 2.67. The Bertz CT molecular complexity index is 859. The van der Waals surface area contributed by atoms with Crippen molar-refractivity contribution in [1.82, 2.24) is 20.2 Å². The highest BCUT2D eigenvalue weighted by atomic mass is 16.6. The van der Waals surface area contributed by atoms with Crippen LogP contribution in [0.15, 0.2) is 48.8 Å². The molecule has 0 radical (unpaired) electrons. The Balaban J connectivity index is 1.44. The van der Waals surface area contributed by atoms with Crippen LogP contribution >= 0.6 is 0 Å². The number of anilines is 3. The number of rotatable bonds is 5. The Morgan fingerprint density at radius 2 is 1.96 bits per heavy atom. The van der Waals surface area contributed by atoms with Gasteiger partial charge in [-0.1, -0.05) is 6.07 Å². The summed E-state index contributed by atoms with van der Waals surface area (Å²) in [5.41, 5.74) is 1.72. The number of hydrogen-bond acceptors (Lipinski definition) is 8. The fourth-order valence-electron chi connectivity index (χ4n) is 2.38. The molecule has 0 unspecified atom stereocenters. The van der Waals surface area contributed by atoms with Crippen molar-refractivity contribution >= 4 is 17.5 Å². The number of hydrogen-bond donors (Lipinski definition) is 2. The van der Waals surface area contributed by atoms with E-state index in [1.165, 1.54) is 0 Å². The zero-order chi connectivity index (χ0) is 16.9. The topological polar surface area (TPSA) is 94.1 Å². The summed E-state index contributed by atoms with van der Waals surface area (Å²) >= 11 is 0. The van der Waals surface area contributed by atoms with Crippen molar-refractivity contribution in [2.45, 2.75) is 6.54 Å². The number of pyridine rings is 1. The Labute approximate surface area is 144 Å². The molecule has 0 saturated carbocycles. The van der Waals surface area contributed by atoms with Gasteiger partial charge in [-0.05, 0) is 24.3 Å². The van der Waals surface area contributed by atoms with Crippen LogP contribution in [0.5, 0.6) is 11.5 Å². The predicted octanol–water partition coefficient (Wildman–Crippen LogP) is 2.39. The number of nitrogens with zero attached hydrogens (tertiary/aromatic N) is 4. The van der Waals surface area contributed by atoms with E-state index < -0.39 is 0 Å². The minimum Gasteiger partial charge on any atom is -0.486 e. The van der Waals surface area contributed by atoms with E-state index in [1.807, 2.05) is 36.4 Å². The van der Waals surface area contributed by atoms with Crippen molar-refractivity contribution in [2.75, 3.05) is 23.8 Å². The predicted molar refractivity (Wildman–Crippen MR) is 92.1 cm³/mol. The molecule has 0 atom stereocenters. The maximum atomic E-state index is 5.57. The van der Waals surface area contributed by atoms with Crippen LogP contribution in [-0.2, 0) is 6.54 Å². The van der Waals surface area contributed by atoms with E-state index in [0.29, 0.717) is 37.3 Å². The first-order valence-electron chi connectivity index (χ1n) is 7.87. The van der Waals surface area contributed by atoms with Gasteiger partial charge in [-0.3, -0.25) is 4.98 Å². The quantitative estimate of drug-likeness (QED) is 0.733. The summed E-state index contributed by atoms with van der Waals surface area (Å²) in [6.45, 7) is 1.67. The third kappa shape index (κ3) is 3.74. The highest BCUT2D eigenvalue weighted by molar-refractivity contribution is 5.60. The maximum absolute atomic E-state index is 5.57. The van der Waals surface area contributed by atoms with E-state index >= 15 is 0 Å². The molecule has 8 nitrogen and oxygen atoms in total. The van der Waals surface area contributed by atoms with E-state index in [4.69, 9.17) is 9.47 Å². The van der Waals surface area contributed by atoms with Crippen LogP contribution in [0.2, 0.25) is 0 Å². The van der Waals surface area contributed by atoms with Gasteiger partial charge in [-0.15, -0.1) is 5.10 Å². The smallest absolute Gasteiger partial charge is 0.249 e. The lowest BCUT2D eigenvalue weighted by Crippen LogP contribution is -2.15. The van der Waals surface area contributed by atoms with Crippen molar-refractivity contribution in [3.8, 4) is 11.5 Å². The molecule has 3 aromatic rings. The van der Waals surface area contributed by atoms with Crippen molar-refractivity contribution in [3.63, 3.8) is 0 Å². The van der Waals surface area contributed by atoms with Gasteiger partial charge in [0.2, 0.25) is 5.95 Å². The average molecular weight is 336 g/mol. The molecular formula is C17H16N6O2. The first-order valence-corrected chi connectivity index (χ1v) is 7.87. The molecule has 1 aliphatic heterocycles. The van der Waals surface area contributed by atoms with Crippen molar-refractivity contribution < 1.29 is 9.47 Å². The highest BCUT2D eigenvalue weighted by Gasteiger charge is 2.12. The Morgan fingerprint density at radius 1 is 1.04 bits per heavy atom. The molecule has 4 rings (SSSR count). The fourth-order valence-corrected chi connectivity index (χ4v) is 2.38. The lowest BCUT2D eigenvalue weighted by atomic mass is 10.2. The summed E-state index contributed by atoms with van der Waals surface area (Å²) in [6.07, 6.45) is 3.32. The molecule has 3 heterocycles. The third-order valence-corrected chi connectivity index (χ3v) is 3.53. The highest BCUT2D eigenvalue weighted by Crippen LogP contribution is 2.33. The Morgan fingerprint density at radius 3 is 2.84 bits per heavy atom. The normalized spacial score (nSPS) is 12.5. The second kappa shape index (κ2) is 7.00. The van der Waals surface area contributed by atoms with Crippen molar-refractivity contribution in [1.29, 1.82) is 0 Å². The van der Waals surface area contributed by atoms with Crippen LogP contribution in [0, 0.1) is 0 Å². The lowest BCUT2D eigenvalue weighted by molar-refractivity contribution is 0.171. The molecular weight excluding hydrogens is 320 g/mol. The maximum Gasteiger partial charge on any atom is 0.249 e. The molecule has 0 amide bonds. The van der Waals surface area contributed by atoms with Gasteiger partial charge in [-0.2, -0.15) is 10.1 Å². The molecule has 25 heavy (non-hydrogen) atoms. The molecule has 126 valence electrons. The first-order chi connectivity index (χ1) is 12.4.